The van der Waals surface area contributed by atoms with Crippen LogP contribution in [-0.4, -0.2) is 44.3 Å². The van der Waals surface area contributed by atoms with E-state index in [9.17, 15) is 4.79 Å². The topological polar surface area (TPSA) is 59.0 Å². The third kappa shape index (κ3) is 4.77. The first kappa shape index (κ1) is 17.4. The Bertz CT molecular complexity index is 662. The van der Waals surface area contributed by atoms with E-state index in [0.29, 0.717) is 11.8 Å². The highest BCUT2D eigenvalue weighted by Crippen LogP contribution is 2.25. The first-order valence-electron chi connectivity index (χ1n) is 8.34. The first-order valence-corrected chi connectivity index (χ1v) is 10.1. The normalized spacial score (nSPS) is 17.9. The molecule has 1 fully saturated rings. The van der Waals surface area contributed by atoms with Crippen LogP contribution in [0.2, 0.25) is 0 Å². The molecule has 2 aromatic heterocycles. The lowest BCUT2D eigenvalue weighted by atomic mass is 9.97. The van der Waals surface area contributed by atoms with Crippen LogP contribution in [0.3, 0.4) is 0 Å². The molecule has 1 amide bonds. The molecule has 24 heavy (non-hydrogen) atoms. The highest BCUT2D eigenvalue weighted by molar-refractivity contribution is 8.01. The fourth-order valence-electron chi connectivity index (χ4n) is 3.03. The number of nitrogens with zero attached hydrogens (tertiary/aromatic N) is 4. The van der Waals surface area contributed by atoms with Crippen molar-refractivity contribution in [2.24, 2.45) is 0 Å². The van der Waals surface area contributed by atoms with Crippen molar-refractivity contribution in [3.8, 4) is 0 Å². The molecule has 0 radical (unpaired) electrons. The number of aromatic nitrogens is 3. The smallest absolute Gasteiger partial charge is 0.233 e. The second kappa shape index (κ2) is 8.58. The predicted molar refractivity (Wildman–Crippen MR) is 97.3 cm³/mol. The molecule has 0 unspecified atom stereocenters. The number of rotatable bonds is 6. The van der Waals surface area contributed by atoms with E-state index >= 15 is 0 Å². The van der Waals surface area contributed by atoms with Gasteiger partial charge in [-0.15, -0.1) is 10.2 Å². The van der Waals surface area contributed by atoms with Crippen molar-refractivity contribution in [2.75, 3.05) is 12.3 Å². The number of carbonyl (C=O) groups excluding carboxylic acids is 1. The minimum Gasteiger partial charge on any atom is -0.339 e. The minimum atomic E-state index is 0.221. The van der Waals surface area contributed by atoms with Crippen LogP contribution in [0, 0.1) is 6.92 Å². The second-order valence-corrected chi connectivity index (χ2v) is 8.38. The number of piperidine rings is 1. The van der Waals surface area contributed by atoms with Crippen LogP contribution in [0.15, 0.2) is 28.7 Å². The summed E-state index contributed by atoms with van der Waals surface area (Å²) < 4.78 is 0.878. The van der Waals surface area contributed by atoms with E-state index in [1.807, 2.05) is 25.3 Å². The molecule has 0 bridgehead atoms. The van der Waals surface area contributed by atoms with Gasteiger partial charge in [0.15, 0.2) is 4.34 Å². The summed E-state index contributed by atoms with van der Waals surface area (Å²) in [4.78, 5) is 19.1. The van der Waals surface area contributed by atoms with Gasteiger partial charge in [-0.25, -0.2) is 0 Å². The SMILES string of the molecule is Cc1nnc(SCC(=O)N2CCCC[C@H]2CCc2ccccn2)s1. The molecule has 1 aliphatic rings. The quantitative estimate of drug-likeness (QED) is 0.738. The maximum absolute atomic E-state index is 12.6. The Morgan fingerprint density at radius 1 is 1.38 bits per heavy atom. The maximum Gasteiger partial charge on any atom is 0.233 e. The van der Waals surface area contributed by atoms with Crippen molar-refractivity contribution in [2.45, 2.75) is 49.4 Å². The summed E-state index contributed by atoms with van der Waals surface area (Å²) in [6.45, 7) is 2.81. The molecule has 128 valence electrons. The van der Waals surface area contributed by atoms with Crippen LogP contribution in [-0.2, 0) is 11.2 Å². The van der Waals surface area contributed by atoms with E-state index in [1.54, 1.807) is 11.3 Å². The average molecular weight is 363 g/mol. The second-order valence-electron chi connectivity index (χ2n) is 5.97. The predicted octanol–water partition coefficient (Wildman–Crippen LogP) is 3.35. The van der Waals surface area contributed by atoms with Crippen molar-refractivity contribution < 1.29 is 4.79 Å². The first-order chi connectivity index (χ1) is 11.7. The molecule has 1 saturated heterocycles. The van der Waals surface area contributed by atoms with E-state index in [4.69, 9.17) is 0 Å². The monoisotopic (exact) mass is 362 g/mol. The zero-order valence-electron chi connectivity index (χ0n) is 13.9. The lowest BCUT2D eigenvalue weighted by molar-refractivity contribution is -0.132. The largest absolute Gasteiger partial charge is 0.339 e. The lowest BCUT2D eigenvalue weighted by Gasteiger charge is -2.36. The third-order valence-electron chi connectivity index (χ3n) is 4.23. The Morgan fingerprint density at radius 2 is 2.29 bits per heavy atom. The van der Waals surface area contributed by atoms with Crippen molar-refractivity contribution in [1.82, 2.24) is 20.1 Å². The summed E-state index contributed by atoms with van der Waals surface area (Å²) >= 11 is 3.05. The molecule has 0 N–H and O–H groups in total. The molecule has 0 spiro atoms. The summed E-state index contributed by atoms with van der Waals surface area (Å²) in [5.41, 5.74) is 1.11. The van der Waals surface area contributed by atoms with Crippen LogP contribution in [0.4, 0.5) is 0 Å². The zero-order chi connectivity index (χ0) is 16.8. The maximum atomic E-state index is 12.6. The standard InChI is InChI=1S/C17H22N4OS2/c1-13-19-20-17(24-13)23-12-16(22)21-11-5-3-7-15(21)9-8-14-6-2-4-10-18-14/h2,4,6,10,15H,3,5,7-9,11-12H2,1H3/t15-/m0/s1. The van der Waals surface area contributed by atoms with Gasteiger partial charge in [0.2, 0.25) is 5.91 Å². The molecule has 5 nitrogen and oxygen atoms in total. The van der Waals surface area contributed by atoms with Gasteiger partial charge in [-0.2, -0.15) is 0 Å². The van der Waals surface area contributed by atoms with Gasteiger partial charge in [-0.05, 0) is 51.2 Å². The molecule has 1 aliphatic heterocycles. The number of likely N-dealkylation sites (tertiary alicyclic amines) is 1. The Kier molecular flexibility index (Phi) is 6.20. The van der Waals surface area contributed by atoms with E-state index < -0.39 is 0 Å². The Hall–Kier alpha value is -1.47. The van der Waals surface area contributed by atoms with Gasteiger partial charge >= 0.3 is 0 Å². The summed E-state index contributed by atoms with van der Waals surface area (Å²) in [6.07, 6.45) is 7.16. The zero-order valence-corrected chi connectivity index (χ0v) is 15.5. The van der Waals surface area contributed by atoms with E-state index in [0.717, 1.165) is 47.3 Å². The summed E-state index contributed by atoms with van der Waals surface area (Å²) in [5, 5.41) is 9.02. The Labute approximate surface area is 150 Å². The number of pyridine rings is 1. The number of amides is 1. The molecular weight excluding hydrogens is 340 g/mol. The lowest BCUT2D eigenvalue weighted by Crippen LogP contribution is -2.44. The van der Waals surface area contributed by atoms with Crippen LogP contribution in [0.1, 0.15) is 36.4 Å². The molecule has 7 heteroatoms. The number of hydrogen-bond donors (Lipinski definition) is 0. The Balaban J connectivity index is 1.54. The number of hydrogen-bond acceptors (Lipinski definition) is 6. The average Bonchev–Trinajstić information content (AvgIpc) is 3.04. The molecule has 3 heterocycles. The third-order valence-corrected chi connectivity index (χ3v) is 6.19. The molecule has 1 atom stereocenters. The van der Waals surface area contributed by atoms with Crippen LogP contribution < -0.4 is 0 Å². The minimum absolute atomic E-state index is 0.221. The molecule has 0 saturated carbocycles. The number of carbonyl (C=O) groups is 1. The van der Waals surface area contributed by atoms with E-state index in [2.05, 4.69) is 26.1 Å². The van der Waals surface area contributed by atoms with Gasteiger partial charge in [0.1, 0.15) is 5.01 Å². The summed E-state index contributed by atoms with van der Waals surface area (Å²) in [5.74, 6) is 0.674. The van der Waals surface area contributed by atoms with Crippen LogP contribution >= 0.6 is 23.1 Å². The fraction of sp³-hybridized carbons (Fsp3) is 0.529. The van der Waals surface area contributed by atoms with Gasteiger partial charge in [-0.3, -0.25) is 9.78 Å². The van der Waals surface area contributed by atoms with Gasteiger partial charge < -0.3 is 4.90 Å². The molecular formula is C17H22N4OS2. The molecule has 2 aromatic rings. The van der Waals surface area contributed by atoms with Gasteiger partial charge in [0, 0.05) is 24.5 Å². The Morgan fingerprint density at radius 3 is 3.04 bits per heavy atom. The summed E-state index contributed by atoms with van der Waals surface area (Å²) in [7, 11) is 0. The molecule has 3 rings (SSSR count). The van der Waals surface area contributed by atoms with E-state index in [1.165, 1.54) is 18.2 Å². The highest BCUT2D eigenvalue weighted by Gasteiger charge is 2.26. The van der Waals surface area contributed by atoms with Gasteiger partial charge in [-0.1, -0.05) is 29.2 Å². The van der Waals surface area contributed by atoms with Gasteiger partial charge in [0.05, 0.1) is 5.75 Å². The van der Waals surface area contributed by atoms with Crippen molar-refractivity contribution in [1.29, 1.82) is 0 Å². The van der Waals surface area contributed by atoms with Crippen molar-refractivity contribution >= 4 is 29.0 Å². The van der Waals surface area contributed by atoms with Gasteiger partial charge in [0.25, 0.3) is 0 Å². The number of aryl methyl sites for hydroxylation is 2. The molecule has 0 aliphatic carbocycles. The summed E-state index contributed by atoms with van der Waals surface area (Å²) in [6, 6.07) is 6.35. The van der Waals surface area contributed by atoms with Crippen LogP contribution in [0.25, 0.3) is 0 Å². The van der Waals surface area contributed by atoms with Crippen LogP contribution in [0.5, 0.6) is 0 Å². The fourth-order valence-corrected chi connectivity index (χ4v) is 4.73. The van der Waals surface area contributed by atoms with Crippen molar-refractivity contribution in [3.63, 3.8) is 0 Å². The highest BCUT2D eigenvalue weighted by atomic mass is 32.2. The number of thioether (sulfide) groups is 1. The van der Waals surface area contributed by atoms with E-state index in [-0.39, 0.29) is 5.91 Å². The van der Waals surface area contributed by atoms with Crippen molar-refractivity contribution in [3.05, 3.63) is 35.1 Å². The molecule has 0 aromatic carbocycles.